The van der Waals surface area contributed by atoms with E-state index in [-0.39, 0.29) is 5.71 Å². The summed E-state index contributed by atoms with van der Waals surface area (Å²) < 4.78 is 0. The molecule has 0 bridgehead atoms. The second kappa shape index (κ2) is 2.91. The van der Waals surface area contributed by atoms with Crippen molar-refractivity contribution in [3.05, 3.63) is 12.3 Å². The largest absolute Gasteiger partial charge is 0.477 e. The van der Waals surface area contributed by atoms with Crippen LogP contribution in [0.5, 0.6) is 0 Å². The van der Waals surface area contributed by atoms with Crippen molar-refractivity contribution in [1.82, 2.24) is 0 Å². The third kappa shape index (κ3) is 1.51. The zero-order chi connectivity index (χ0) is 7.40. The van der Waals surface area contributed by atoms with Crippen LogP contribution in [0, 0.1) is 0 Å². The molecule has 0 spiro atoms. The average Bonchev–Trinajstić information content (AvgIpc) is 2.12. The highest BCUT2D eigenvalue weighted by molar-refractivity contribution is 6.37. The van der Waals surface area contributed by atoms with E-state index in [0.717, 1.165) is 0 Å². The highest BCUT2D eigenvalue weighted by Crippen LogP contribution is 1.93. The van der Waals surface area contributed by atoms with Gasteiger partial charge in [0.05, 0.1) is 0 Å². The van der Waals surface area contributed by atoms with Gasteiger partial charge in [-0.25, -0.2) is 14.8 Å². The molecule has 0 aromatic heterocycles. The van der Waals surface area contributed by atoms with Gasteiger partial charge >= 0.3 is 5.97 Å². The van der Waals surface area contributed by atoms with Gasteiger partial charge in [-0.05, 0) is 0 Å². The van der Waals surface area contributed by atoms with Gasteiger partial charge in [-0.2, -0.15) is 0 Å². The Morgan fingerprint density at radius 3 is 3.20 bits per heavy atom. The second-order valence-corrected chi connectivity index (χ2v) is 1.73. The van der Waals surface area contributed by atoms with E-state index in [4.69, 9.17) is 5.11 Å². The van der Waals surface area contributed by atoms with Crippen LogP contribution in [0.1, 0.15) is 6.42 Å². The van der Waals surface area contributed by atoms with Crippen LogP contribution in [0.15, 0.2) is 22.3 Å². The predicted molar refractivity (Wildman–Crippen MR) is 37.3 cm³/mol. The molecule has 0 atom stereocenters. The van der Waals surface area contributed by atoms with Crippen LogP contribution in [-0.4, -0.2) is 23.1 Å². The predicted octanol–water partition coefficient (Wildman–Crippen LogP) is 0.458. The zero-order valence-electron chi connectivity index (χ0n) is 5.19. The lowest BCUT2D eigenvalue weighted by Gasteiger charge is -1.89. The van der Waals surface area contributed by atoms with E-state index in [1.807, 2.05) is 0 Å². The first-order valence-electron chi connectivity index (χ1n) is 2.77. The van der Waals surface area contributed by atoms with Gasteiger partial charge in [0, 0.05) is 12.6 Å². The summed E-state index contributed by atoms with van der Waals surface area (Å²) in [6, 6.07) is 0. The van der Waals surface area contributed by atoms with Crippen molar-refractivity contribution in [1.29, 1.82) is 0 Å². The molecule has 10 heavy (non-hydrogen) atoms. The van der Waals surface area contributed by atoms with Gasteiger partial charge in [-0.3, -0.25) is 0 Å². The van der Waals surface area contributed by atoms with Crippen molar-refractivity contribution in [2.45, 2.75) is 6.42 Å². The fraction of sp³-hybridized carbons (Fsp3) is 0.167. The van der Waals surface area contributed by atoms with Crippen LogP contribution in [0.2, 0.25) is 0 Å². The lowest BCUT2D eigenvalue weighted by atomic mass is 10.3. The summed E-state index contributed by atoms with van der Waals surface area (Å²) in [5.74, 6) is -0.988. The van der Waals surface area contributed by atoms with Gasteiger partial charge in [0.2, 0.25) is 0 Å². The number of carboxylic acids is 1. The molecule has 1 heterocycles. The Morgan fingerprint density at radius 1 is 1.70 bits per heavy atom. The van der Waals surface area contributed by atoms with E-state index in [9.17, 15) is 4.79 Å². The molecule has 4 nitrogen and oxygen atoms in total. The highest BCUT2D eigenvalue weighted by Gasteiger charge is 2.06. The number of aliphatic imine (C=N–C) groups is 2. The topological polar surface area (TPSA) is 62.0 Å². The summed E-state index contributed by atoms with van der Waals surface area (Å²) in [5, 5.41) is 8.44. The number of hydrogen-bond donors (Lipinski definition) is 1. The molecule has 52 valence electrons. The Kier molecular flexibility index (Phi) is 1.94. The number of rotatable bonds is 1. The molecule has 1 N–H and O–H groups in total. The molecule has 0 aromatic carbocycles. The van der Waals surface area contributed by atoms with Crippen molar-refractivity contribution < 1.29 is 9.90 Å². The Hall–Kier alpha value is -1.45. The fourth-order valence-corrected chi connectivity index (χ4v) is 0.562. The molecule has 0 saturated heterocycles. The van der Waals surface area contributed by atoms with E-state index in [2.05, 4.69) is 9.98 Å². The SMILES string of the molecule is O=C(O)C1=NC=NC=CC1. The molecular formula is C6H6N2O2. The van der Waals surface area contributed by atoms with Crippen molar-refractivity contribution in [2.24, 2.45) is 9.98 Å². The number of carboxylic acid groups (broad SMARTS) is 1. The van der Waals surface area contributed by atoms with Crippen LogP contribution in [0.3, 0.4) is 0 Å². The van der Waals surface area contributed by atoms with E-state index >= 15 is 0 Å². The maximum absolute atomic E-state index is 10.3. The number of allylic oxidation sites excluding steroid dienone is 1. The van der Waals surface area contributed by atoms with Gasteiger partial charge in [0.1, 0.15) is 12.1 Å². The average molecular weight is 138 g/mol. The number of nitrogens with zero attached hydrogens (tertiary/aromatic N) is 2. The molecule has 1 rings (SSSR count). The van der Waals surface area contributed by atoms with Crippen LogP contribution >= 0.6 is 0 Å². The van der Waals surface area contributed by atoms with Gasteiger partial charge in [0.15, 0.2) is 0 Å². The third-order valence-electron chi connectivity index (χ3n) is 1.03. The fourth-order valence-electron chi connectivity index (χ4n) is 0.562. The first-order chi connectivity index (χ1) is 4.80. The summed E-state index contributed by atoms with van der Waals surface area (Å²) in [4.78, 5) is 17.5. The summed E-state index contributed by atoms with van der Waals surface area (Å²) in [6.07, 6.45) is 4.75. The van der Waals surface area contributed by atoms with Gasteiger partial charge in [0.25, 0.3) is 0 Å². The molecule has 0 unspecified atom stereocenters. The maximum atomic E-state index is 10.3. The Labute approximate surface area is 57.6 Å². The van der Waals surface area contributed by atoms with E-state index in [1.54, 1.807) is 6.08 Å². The monoisotopic (exact) mass is 138 g/mol. The summed E-state index contributed by atoms with van der Waals surface area (Å²) in [6.45, 7) is 0. The molecule has 0 amide bonds. The number of hydrogen-bond acceptors (Lipinski definition) is 3. The van der Waals surface area contributed by atoms with Crippen LogP contribution in [-0.2, 0) is 4.79 Å². The standard InChI is InChI=1S/C6H6N2O2/c9-6(10)5-2-1-3-7-4-8-5/h1,3-4H,2H2,(H,9,10). The van der Waals surface area contributed by atoms with Gasteiger partial charge in [-0.15, -0.1) is 0 Å². The van der Waals surface area contributed by atoms with E-state index < -0.39 is 5.97 Å². The van der Waals surface area contributed by atoms with E-state index in [0.29, 0.717) is 6.42 Å². The molecule has 0 saturated carbocycles. The lowest BCUT2D eigenvalue weighted by molar-refractivity contribution is -0.129. The first-order valence-corrected chi connectivity index (χ1v) is 2.77. The maximum Gasteiger partial charge on any atom is 0.350 e. The van der Waals surface area contributed by atoms with Crippen LogP contribution in [0.25, 0.3) is 0 Å². The number of aliphatic carboxylic acids is 1. The zero-order valence-corrected chi connectivity index (χ0v) is 5.19. The molecule has 0 radical (unpaired) electrons. The normalized spacial score (nSPS) is 16.2. The molecule has 0 aliphatic carbocycles. The van der Waals surface area contributed by atoms with E-state index in [1.165, 1.54) is 12.5 Å². The summed E-state index contributed by atoms with van der Waals surface area (Å²) in [7, 11) is 0. The van der Waals surface area contributed by atoms with Gasteiger partial charge in [-0.1, -0.05) is 6.08 Å². The first kappa shape index (κ1) is 6.67. The Balaban J connectivity index is 2.78. The third-order valence-corrected chi connectivity index (χ3v) is 1.03. The molecule has 1 aliphatic rings. The van der Waals surface area contributed by atoms with Crippen LogP contribution < -0.4 is 0 Å². The molecular weight excluding hydrogens is 132 g/mol. The molecule has 1 aliphatic heterocycles. The summed E-state index contributed by atoms with van der Waals surface area (Å²) in [5.41, 5.74) is 0.123. The quantitative estimate of drug-likeness (QED) is 0.572. The minimum absolute atomic E-state index is 0.123. The summed E-state index contributed by atoms with van der Waals surface area (Å²) >= 11 is 0. The minimum Gasteiger partial charge on any atom is -0.477 e. The molecule has 4 heteroatoms. The second-order valence-electron chi connectivity index (χ2n) is 1.73. The lowest BCUT2D eigenvalue weighted by Crippen LogP contribution is -2.11. The molecule has 0 aromatic rings. The van der Waals surface area contributed by atoms with Crippen molar-refractivity contribution >= 4 is 18.0 Å². The Morgan fingerprint density at radius 2 is 2.50 bits per heavy atom. The Bertz CT molecular complexity index is 228. The minimum atomic E-state index is -0.988. The molecule has 0 fully saturated rings. The number of carbonyl (C=O) groups is 1. The van der Waals surface area contributed by atoms with Crippen molar-refractivity contribution in [2.75, 3.05) is 0 Å². The van der Waals surface area contributed by atoms with Crippen LogP contribution in [0.4, 0.5) is 0 Å². The smallest absolute Gasteiger partial charge is 0.350 e. The van der Waals surface area contributed by atoms with Crippen molar-refractivity contribution in [3.63, 3.8) is 0 Å². The van der Waals surface area contributed by atoms with Crippen molar-refractivity contribution in [3.8, 4) is 0 Å². The highest BCUT2D eigenvalue weighted by atomic mass is 16.4. The van der Waals surface area contributed by atoms with Gasteiger partial charge < -0.3 is 5.11 Å².